The Labute approximate surface area is 141 Å². The minimum atomic E-state index is -0.289. The van der Waals surface area contributed by atoms with E-state index in [-0.39, 0.29) is 11.4 Å². The number of anilines is 1. The Kier molecular flexibility index (Phi) is 4.30. The summed E-state index contributed by atoms with van der Waals surface area (Å²) in [4.78, 5) is 18.7. The maximum Gasteiger partial charge on any atom is 0.338 e. The minimum Gasteiger partial charge on any atom is -0.465 e. The molecule has 0 saturated carbocycles. The molecule has 1 aromatic carbocycles. The molecule has 0 aliphatic carbocycles. The third-order valence-corrected chi connectivity index (χ3v) is 4.19. The number of fused-ring (bicyclic) bond motifs is 1. The molecule has 0 saturated heterocycles. The summed E-state index contributed by atoms with van der Waals surface area (Å²) in [5, 5.41) is 4.10. The maximum absolute atomic E-state index is 12.0. The SMILES string of the molecule is COC(=O)c1cccc2c1CCCN2Cc1noc(C(C)(C)C)n1. The van der Waals surface area contributed by atoms with Crippen molar-refractivity contribution in [3.05, 3.63) is 41.0 Å². The fraction of sp³-hybridized carbons (Fsp3) is 0.500. The number of ether oxygens (including phenoxy) is 1. The van der Waals surface area contributed by atoms with Crippen LogP contribution < -0.4 is 4.90 Å². The highest BCUT2D eigenvalue weighted by Crippen LogP contribution is 2.31. The van der Waals surface area contributed by atoms with Crippen molar-refractivity contribution >= 4 is 11.7 Å². The molecule has 1 aliphatic rings. The largest absolute Gasteiger partial charge is 0.465 e. The van der Waals surface area contributed by atoms with Crippen LogP contribution in [0.2, 0.25) is 0 Å². The summed E-state index contributed by atoms with van der Waals surface area (Å²) in [7, 11) is 1.41. The topological polar surface area (TPSA) is 68.5 Å². The van der Waals surface area contributed by atoms with Crippen molar-refractivity contribution < 1.29 is 14.1 Å². The second-order valence-corrected chi connectivity index (χ2v) is 7.09. The molecule has 1 aliphatic heterocycles. The van der Waals surface area contributed by atoms with Crippen molar-refractivity contribution in [2.45, 2.75) is 45.6 Å². The number of carbonyl (C=O) groups is 1. The molecule has 0 bridgehead atoms. The maximum atomic E-state index is 12.0. The summed E-state index contributed by atoms with van der Waals surface area (Å²) in [5.74, 6) is 1.01. The molecule has 0 N–H and O–H groups in total. The van der Waals surface area contributed by atoms with Crippen LogP contribution in [-0.4, -0.2) is 29.8 Å². The number of aromatic nitrogens is 2. The van der Waals surface area contributed by atoms with Crippen molar-refractivity contribution in [3.63, 3.8) is 0 Å². The summed E-state index contributed by atoms with van der Waals surface area (Å²) in [6.45, 7) is 7.60. The molecule has 6 heteroatoms. The van der Waals surface area contributed by atoms with Gasteiger partial charge >= 0.3 is 5.97 Å². The number of rotatable bonds is 3. The van der Waals surface area contributed by atoms with E-state index in [4.69, 9.17) is 9.26 Å². The Morgan fingerprint density at radius 1 is 1.38 bits per heavy atom. The van der Waals surface area contributed by atoms with Gasteiger partial charge in [0.1, 0.15) is 0 Å². The smallest absolute Gasteiger partial charge is 0.338 e. The average molecular weight is 329 g/mol. The van der Waals surface area contributed by atoms with Crippen molar-refractivity contribution in [1.82, 2.24) is 10.1 Å². The Bertz CT molecular complexity index is 746. The lowest BCUT2D eigenvalue weighted by Crippen LogP contribution is -2.30. The fourth-order valence-electron chi connectivity index (χ4n) is 2.96. The van der Waals surface area contributed by atoms with E-state index in [9.17, 15) is 4.79 Å². The fourth-order valence-corrected chi connectivity index (χ4v) is 2.96. The Morgan fingerprint density at radius 2 is 2.17 bits per heavy atom. The first-order chi connectivity index (χ1) is 11.4. The van der Waals surface area contributed by atoms with Gasteiger partial charge in [-0.25, -0.2) is 4.79 Å². The van der Waals surface area contributed by atoms with E-state index in [1.165, 1.54) is 7.11 Å². The van der Waals surface area contributed by atoms with Gasteiger partial charge in [0, 0.05) is 17.6 Å². The number of benzene rings is 1. The van der Waals surface area contributed by atoms with Crippen molar-refractivity contribution in [1.29, 1.82) is 0 Å². The molecule has 128 valence electrons. The number of hydrogen-bond acceptors (Lipinski definition) is 6. The van der Waals surface area contributed by atoms with E-state index < -0.39 is 0 Å². The van der Waals surface area contributed by atoms with E-state index >= 15 is 0 Å². The number of carbonyl (C=O) groups excluding carboxylic acids is 1. The monoisotopic (exact) mass is 329 g/mol. The molecule has 0 amide bonds. The molecule has 1 aromatic heterocycles. The molecule has 0 unspecified atom stereocenters. The Hall–Kier alpha value is -2.37. The first kappa shape index (κ1) is 16.5. The standard InChI is InChI=1S/C18H23N3O3/c1-18(2,3)17-19-15(20-24-17)11-21-10-6-8-12-13(16(22)23-4)7-5-9-14(12)21/h5,7,9H,6,8,10-11H2,1-4H3. The van der Waals surface area contributed by atoms with Crippen LogP contribution in [0.3, 0.4) is 0 Å². The highest BCUT2D eigenvalue weighted by Gasteiger charge is 2.25. The molecular formula is C18H23N3O3. The van der Waals surface area contributed by atoms with Gasteiger partial charge in [-0.3, -0.25) is 0 Å². The molecule has 0 atom stereocenters. The van der Waals surface area contributed by atoms with Gasteiger partial charge in [0.15, 0.2) is 5.82 Å². The van der Waals surface area contributed by atoms with Gasteiger partial charge in [0.2, 0.25) is 5.89 Å². The van der Waals surface area contributed by atoms with Gasteiger partial charge < -0.3 is 14.2 Å². The van der Waals surface area contributed by atoms with Crippen LogP contribution in [0, 0.1) is 0 Å². The van der Waals surface area contributed by atoms with E-state index in [2.05, 4.69) is 15.0 Å². The Morgan fingerprint density at radius 3 is 2.83 bits per heavy atom. The number of nitrogens with zero attached hydrogens (tertiary/aromatic N) is 3. The number of methoxy groups -OCH3 is 1. The van der Waals surface area contributed by atoms with Crippen LogP contribution >= 0.6 is 0 Å². The van der Waals surface area contributed by atoms with Crippen LogP contribution in [0.5, 0.6) is 0 Å². The van der Waals surface area contributed by atoms with Crippen LogP contribution in [0.1, 0.15) is 54.8 Å². The second-order valence-electron chi connectivity index (χ2n) is 7.09. The summed E-state index contributed by atoms with van der Waals surface area (Å²) in [5.41, 5.74) is 2.56. The van der Waals surface area contributed by atoms with E-state index in [1.54, 1.807) is 0 Å². The minimum absolute atomic E-state index is 0.164. The zero-order valence-corrected chi connectivity index (χ0v) is 14.6. The molecule has 2 aromatic rings. The summed E-state index contributed by atoms with van der Waals surface area (Å²) >= 11 is 0. The molecule has 0 fully saturated rings. The van der Waals surface area contributed by atoms with Crippen LogP contribution in [0.4, 0.5) is 5.69 Å². The second kappa shape index (κ2) is 6.26. The molecule has 24 heavy (non-hydrogen) atoms. The number of hydrogen-bond donors (Lipinski definition) is 0. The highest BCUT2D eigenvalue weighted by atomic mass is 16.5. The Balaban J connectivity index is 1.88. The predicted octanol–water partition coefficient (Wildman–Crippen LogP) is 3.11. The summed E-state index contributed by atoms with van der Waals surface area (Å²) < 4.78 is 10.3. The molecule has 3 rings (SSSR count). The van der Waals surface area contributed by atoms with Gasteiger partial charge in [0.05, 0.1) is 19.2 Å². The van der Waals surface area contributed by atoms with Crippen LogP contribution in [-0.2, 0) is 23.1 Å². The van der Waals surface area contributed by atoms with Crippen LogP contribution in [0.25, 0.3) is 0 Å². The molecule has 0 spiro atoms. The lowest BCUT2D eigenvalue weighted by atomic mass is 9.96. The highest BCUT2D eigenvalue weighted by molar-refractivity contribution is 5.93. The summed E-state index contributed by atoms with van der Waals surface area (Å²) in [6, 6.07) is 5.74. The van der Waals surface area contributed by atoms with Gasteiger partial charge in [-0.05, 0) is 30.5 Å². The molecule has 2 heterocycles. The normalized spacial score (nSPS) is 14.4. The van der Waals surface area contributed by atoms with Crippen LogP contribution in [0.15, 0.2) is 22.7 Å². The lowest BCUT2D eigenvalue weighted by molar-refractivity contribution is 0.0599. The average Bonchev–Trinajstić information content (AvgIpc) is 3.03. The predicted molar refractivity (Wildman–Crippen MR) is 90.2 cm³/mol. The first-order valence-corrected chi connectivity index (χ1v) is 8.18. The third-order valence-electron chi connectivity index (χ3n) is 4.19. The molecule has 0 radical (unpaired) electrons. The van der Waals surface area contributed by atoms with E-state index in [0.29, 0.717) is 23.8 Å². The van der Waals surface area contributed by atoms with Crippen molar-refractivity contribution in [2.24, 2.45) is 0 Å². The summed E-state index contributed by atoms with van der Waals surface area (Å²) in [6.07, 6.45) is 1.85. The number of esters is 1. The first-order valence-electron chi connectivity index (χ1n) is 8.18. The molecule has 6 nitrogen and oxygen atoms in total. The van der Waals surface area contributed by atoms with E-state index in [1.807, 2.05) is 39.0 Å². The van der Waals surface area contributed by atoms with Gasteiger partial charge in [0.25, 0.3) is 0 Å². The third kappa shape index (κ3) is 3.13. The zero-order chi connectivity index (χ0) is 17.3. The molecular weight excluding hydrogens is 306 g/mol. The quantitative estimate of drug-likeness (QED) is 0.806. The van der Waals surface area contributed by atoms with Gasteiger partial charge in [-0.15, -0.1) is 0 Å². The van der Waals surface area contributed by atoms with Crippen molar-refractivity contribution in [2.75, 3.05) is 18.6 Å². The van der Waals surface area contributed by atoms with Gasteiger partial charge in [-0.2, -0.15) is 4.98 Å². The van der Waals surface area contributed by atoms with Crippen molar-refractivity contribution in [3.8, 4) is 0 Å². The van der Waals surface area contributed by atoms with E-state index in [0.717, 1.165) is 30.6 Å². The lowest BCUT2D eigenvalue weighted by Gasteiger charge is -2.31. The van der Waals surface area contributed by atoms with Gasteiger partial charge in [-0.1, -0.05) is 32.0 Å². The zero-order valence-electron chi connectivity index (χ0n) is 14.6.